The summed E-state index contributed by atoms with van der Waals surface area (Å²) in [6.45, 7) is 3.10. The third-order valence-electron chi connectivity index (χ3n) is 3.04. The largest absolute Gasteiger partial charge is 0.481 e. The molecule has 1 N–H and O–H groups in total. The zero-order chi connectivity index (χ0) is 16.1. The van der Waals surface area contributed by atoms with Gasteiger partial charge in [0.2, 0.25) is 0 Å². The van der Waals surface area contributed by atoms with Gasteiger partial charge in [-0.3, -0.25) is 9.59 Å². The Morgan fingerprint density at radius 1 is 1.14 bits per heavy atom. The molecule has 22 heavy (non-hydrogen) atoms. The first-order chi connectivity index (χ1) is 10.5. The van der Waals surface area contributed by atoms with E-state index in [9.17, 15) is 9.59 Å². The Labute approximate surface area is 134 Å². The second kappa shape index (κ2) is 7.09. The Morgan fingerprint density at radius 3 is 2.41 bits per heavy atom. The van der Waals surface area contributed by atoms with Crippen molar-refractivity contribution in [1.82, 2.24) is 0 Å². The van der Waals surface area contributed by atoms with Gasteiger partial charge in [0.15, 0.2) is 11.9 Å². The van der Waals surface area contributed by atoms with Gasteiger partial charge in [0, 0.05) is 11.3 Å². The van der Waals surface area contributed by atoms with Crippen LogP contribution in [0.3, 0.4) is 0 Å². The normalized spacial score (nSPS) is 11.6. The number of anilines is 1. The minimum absolute atomic E-state index is 0.122. The number of benzene rings is 2. The van der Waals surface area contributed by atoms with Crippen LogP contribution in [0, 0.1) is 0 Å². The summed E-state index contributed by atoms with van der Waals surface area (Å²) in [5.74, 6) is 0.203. The fourth-order valence-corrected chi connectivity index (χ4v) is 2.19. The number of carbonyl (C=O) groups is 2. The van der Waals surface area contributed by atoms with Gasteiger partial charge in [-0.05, 0) is 44.2 Å². The van der Waals surface area contributed by atoms with Crippen molar-refractivity contribution >= 4 is 29.0 Å². The number of Topliss-reactive ketones (excluding diaryl/α,β-unsaturated/α-hetero) is 1. The first-order valence-corrected chi connectivity index (χ1v) is 7.18. The van der Waals surface area contributed by atoms with Crippen LogP contribution in [0.4, 0.5) is 5.69 Å². The summed E-state index contributed by atoms with van der Waals surface area (Å²) in [5, 5.41) is 3.02. The molecule has 0 aliphatic rings. The molecule has 2 rings (SSSR count). The highest BCUT2D eigenvalue weighted by molar-refractivity contribution is 6.34. The van der Waals surface area contributed by atoms with Crippen LogP contribution in [-0.4, -0.2) is 17.8 Å². The van der Waals surface area contributed by atoms with Crippen molar-refractivity contribution in [2.45, 2.75) is 20.0 Å². The Bertz CT molecular complexity index is 686. The Kier molecular flexibility index (Phi) is 5.17. The van der Waals surface area contributed by atoms with E-state index in [0.717, 1.165) is 0 Å². The standard InChI is InChI=1S/C17H16ClNO3/c1-11(20)15-9-8-13(10-16(15)18)19-17(21)12(2)22-14-6-4-3-5-7-14/h3-10,12H,1-2H3,(H,19,21). The highest BCUT2D eigenvalue weighted by Gasteiger charge is 2.15. The van der Waals surface area contributed by atoms with Gasteiger partial charge in [-0.1, -0.05) is 29.8 Å². The van der Waals surface area contributed by atoms with Crippen LogP contribution in [0.2, 0.25) is 5.02 Å². The molecule has 0 spiro atoms. The summed E-state index contributed by atoms with van der Waals surface area (Å²) in [7, 11) is 0. The minimum Gasteiger partial charge on any atom is -0.481 e. The molecular formula is C17H16ClNO3. The average molecular weight is 318 g/mol. The first-order valence-electron chi connectivity index (χ1n) is 6.80. The van der Waals surface area contributed by atoms with Crippen LogP contribution in [0.1, 0.15) is 24.2 Å². The van der Waals surface area contributed by atoms with Gasteiger partial charge in [-0.25, -0.2) is 0 Å². The van der Waals surface area contributed by atoms with Gasteiger partial charge < -0.3 is 10.1 Å². The lowest BCUT2D eigenvalue weighted by Gasteiger charge is -2.15. The summed E-state index contributed by atoms with van der Waals surface area (Å²) in [6.07, 6.45) is -0.659. The molecular weight excluding hydrogens is 302 g/mol. The summed E-state index contributed by atoms with van der Waals surface area (Å²) in [5.41, 5.74) is 0.941. The molecule has 2 aromatic carbocycles. The zero-order valence-corrected chi connectivity index (χ0v) is 13.1. The van der Waals surface area contributed by atoms with E-state index in [1.54, 1.807) is 37.3 Å². The molecule has 0 aliphatic heterocycles. The third kappa shape index (κ3) is 4.09. The van der Waals surface area contributed by atoms with Gasteiger partial charge in [0.1, 0.15) is 5.75 Å². The molecule has 0 bridgehead atoms. The van der Waals surface area contributed by atoms with E-state index in [-0.39, 0.29) is 11.7 Å². The molecule has 0 saturated heterocycles. The molecule has 1 atom stereocenters. The summed E-state index contributed by atoms with van der Waals surface area (Å²) in [4.78, 5) is 23.4. The Hall–Kier alpha value is -2.33. The van der Waals surface area contributed by atoms with Crippen LogP contribution >= 0.6 is 11.6 Å². The van der Waals surface area contributed by atoms with Gasteiger partial charge in [-0.2, -0.15) is 0 Å². The fourth-order valence-electron chi connectivity index (χ4n) is 1.88. The predicted octanol–water partition coefficient (Wildman–Crippen LogP) is 3.95. The van der Waals surface area contributed by atoms with Crippen LogP contribution in [-0.2, 0) is 4.79 Å². The minimum atomic E-state index is -0.659. The number of ether oxygens (including phenoxy) is 1. The maximum atomic E-state index is 12.1. The van der Waals surface area contributed by atoms with Crippen molar-refractivity contribution in [1.29, 1.82) is 0 Å². The Morgan fingerprint density at radius 2 is 1.82 bits per heavy atom. The van der Waals surface area contributed by atoms with E-state index in [0.29, 0.717) is 22.0 Å². The predicted molar refractivity (Wildman–Crippen MR) is 86.6 cm³/mol. The summed E-state index contributed by atoms with van der Waals surface area (Å²) in [6, 6.07) is 13.9. The van der Waals surface area contributed by atoms with Crippen LogP contribution in [0.25, 0.3) is 0 Å². The van der Waals surface area contributed by atoms with Crippen molar-refractivity contribution in [3.63, 3.8) is 0 Å². The number of amides is 1. The van der Waals surface area contributed by atoms with E-state index in [1.807, 2.05) is 18.2 Å². The molecule has 5 heteroatoms. The Balaban J connectivity index is 2.02. The molecule has 1 amide bonds. The van der Waals surface area contributed by atoms with Crippen LogP contribution in [0.5, 0.6) is 5.75 Å². The number of ketones is 1. The van der Waals surface area contributed by atoms with E-state index >= 15 is 0 Å². The monoisotopic (exact) mass is 317 g/mol. The van der Waals surface area contributed by atoms with E-state index in [1.165, 1.54) is 6.92 Å². The van der Waals surface area contributed by atoms with Gasteiger partial charge >= 0.3 is 0 Å². The number of nitrogens with one attached hydrogen (secondary N) is 1. The molecule has 4 nitrogen and oxygen atoms in total. The number of hydrogen-bond acceptors (Lipinski definition) is 3. The average Bonchev–Trinajstić information content (AvgIpc) is 2.47. The highest BCUT2D eigenvalue weighted by atomic mass is 35.5. The maximum Gasteiger partial charge on any atom is 0.265 e. The molecule has 0 aliphatic carbocycles. The molecule has 114 valence electrons. The van der Waals surface area contributed by atoms with E-state index in [4.69, 9.17) is 16.3 Å². The fraction of sp³-hybridized carbons (Fsp3) is 0.176. The molecule has 0 saturated carbocycles. The van der Waals surface area contributed by atoms with E-state index < -0.39 is 6.10 Å². The maximum absolute atomic E-state index is 12.1. The summed E-state index contributed by atoms with van der Waals surface area (Å²) >= 11 is 6.01. The SMILES string of the molecule is CC(=O)c1ccc(NC(=O)C(C)Oc2ccccc2)cc1Cl. The second-order valence-corrected chi connectivity index (χ2v) is 5.22. The third-order valence-corrected chi connectivity index (χ3v) is 3.35. The van der Waals surface area contributed by atoms with Gasteiger partial charge in [0.25, 0.3) is 5.91 Å². The molecule has 0 aromatic heterocycles. The topological polar surface area (TPSA) is 55.4 Å². The van der Waals surface area contributed by atoms with Gasteiger partial charge in [0.05, 0.1) is 5.02 Å². The van der Waals surface area contributed by atoms with Crippen molar-refractivity contribution in [3.05, 3.63) is 59.1 Å². The first kappa shape index (κ1) is 16.0. The smallest absolute Gasteiger partial charge is 0.265 e. The number of halogens is 1. The number of hydrogen-bond donors (Lipinski definition) is 1. The van der Waals surface area contributed by atoms with Crippen LogP contribution < -0.4 is 10.1 Å². The zero-order valence-electron chi connectivity index (χ0n) is 12.3. The van der Waals surface area contributed by atoms with Crippen molar-refractivity contribution < 1.29 is 14.3 Å². The lowest BCUT2D eigenvalue weighted by molar-refractivity contribution is -0.122. The van der Waals surface area contributed by atoms with Crippen molar-refractivity contribution in [2.75, 3.05) is 5.32 Å². The quantitative estimate of drug-likeness (QED) is 0.850. The van der Waals surface area contributed by atoms with Crippen molar-refractivity contribution in [2.24, 2.45) is 0 Å². The number of carbonyl (C=O) groups excluding carboxylic acids is 2. The van der Waals surface area contributed by atoms with Crippen LogP contribution in [0.15, 0.2) is 48.5 Å². The molecule has 0 radical (unpaired) electrons. The molecule has 1 unspecified atom stereocenters. The highest BCUT2D eigenvalue weighted by Crippen LogP contribution is 2.22. The lowest BCUT2D eigenvalue weighted by atomic mass is 10.1. The molecule has 0 fully saturated rings. The van der Waals surface area contributed by atoms with E-state index in [2.05, 4.69) is 5.32 Å². The summed E-state index contributed by atoms with van der Waals surface area (Å²) < 4.78 is 5.54. The van der Waals surface area contributed by atoms with Crippen molar-refractivity contribution in [3.8, 4) is 5.75 Å². The second-order valence-electron chi connectivity index (χ2n) is 4.81. The molecule has 0 heterocycles. The number of para-hydroxylation sites is 1. The molecule has 2 aromatic rings. The van der Waals surface area contributed by atoms with Gasteiger partial charge in [-0.15, -0.1) is 0 Å². The lowest BCUT2D eigenvalue weighted by Crippen LogP contribution is -2.30. The number of rotatable bonds is 5.